The molecular formula is C24H35ClN4. The van der Waals surface area contributed by atoms with Gasteiger partial charge in [-0.15, -0.1) is 12.4 Å². The molecule has 2 heterocycles. The summed E-state index contributed by atoms with van der Waals surface area (Å²) in [5, 5.41) is 0. The van der Waals surface area contributed by atoms with Gasteiger partial charge in [-0.05, 0) is 36.2 Å². The maximum atomic E-state index is 6.15. The van der Waals surface area contributed by atoms with Crippen molar-refractivity contribution in [1.82, 2.24) is 9.80 Å². The Morgan fingerprint density at radius 3 is 2.24 bits per heavy atom. The molecule has 5 heteroatoms. The minimum Gasteiger partial charge on any atom is -0.369 e. The first-order valence-corrected chi connectivity index (χ1v) is 10.8. The number of likely N-dealkylation sites (N-methyl/N-ethyl adjacent to an activating group) is 1. The second-order valence-corrected chi connectivity index (χ2v) is 8.26. The van der Waals surface area contributed by atoms with Crippen molar-refractivity contribution in [3.05, 3.63) is 65.7 Å². The van der Waals surface area contributed by atoms with E-state index in [2.05, 4.69) is 76.2 Å². The highest BCUT2D eigenvalue weighted by atomic mass is 35.5. The molecule has 0 aromatic heterocycles. The lowest BCUT2D eigenvalue weighted by Crippen LogP contribution is -2.46. The molecule has 0 spiro atoms. The Morgan fingerprint density at radius 1 is 0.862 bits per heavy atom. The Morgan fingerprint density at radius 2 is 1.55 bits per heavy atom. The summed E-state index contributed by atoms with van der Waals surface area (Å²) in [6, 6.07) is 19.9. The number of piperazine rings is 1. The Balaban J connectivity index is 0.00000240. The highest BCUT2D eigenvalue weighted by Gasteiger charge is 2.33. The monoisotopic (exact) mass is 414 g/mol. The van der Waals surface area contributed by atoms with Crippen LogP contribution in [0.3, 0.4) is 0 Å². The second kappa shape index (κ2) is 10.4. The molecule has 2 aliphatic heterocycles. The summed E-state index contributed by atoms with van der Waals surface area (Å²) < 4.78 is 0. The van der Waals surface area contributed by atoms with Crippen molar-refractivity contribution in [3.63, 3.8) is 0 Å². The van der Waals surface area contributed by atoms with Crippen LogP contribution in [0.15, 0.2) is 54.6 Å². The minimum absolute atomic E-state index is 0. The fourth-order valence-electron chi connectivity index (χ4n) is 4.91. The normalized spacial score (nSPS) is 23.2. The maximum absolute atomic E-state index is 6.15. The molecule has 4 nitrogen and oxygen atoms in total. The Bertz CT molecular complexity index is 746. The average Bonchev–Trinajstić information content (AvgIpc) is 3.18. The fraction of sp³-hybridized carbons (Fsp3) is 0.500. The predicted molar refractivity (Wildman–Crippen MR) is 125 cm³/mol. The summed E-state index contributed by atoms with van der Waals surface area (Å²) in [5.41, 5.74) is 10.5. The maximum Gasteiger partial charge on any atom is 0.0412 e. The van der Waals surface area contributed by atoms with Gasteiger partial charge in [0.25, 0.3) is 0 Å². The first-order chi connectivity index (χ1) is 13.8. The standard InChI is InChI=1S/C24H34N4.ClH/c1-2-26-12-14-28(15-13-26)24-11-7-6-10-21(24)17-27-18-22(16-25)23(19-27)20-8-4-3-5-9-20;/h3-11,22-23H,2,12-19,25H2,1H3;1H/t22-,23+;/m1./s1. The third kappa shape index (κ3) is 5.13. The zero-order valence-corrected chi connectivity index (χ0v) is 18.4. The summed E-state index contributed by atoms with van der Waals surface area (Å²) in [4.78, 5) is 7.72. The molecular weight excluding hydrogens is 380 g/mol. The first kappa shape index (κ1) is 22.1. The van der Waals surface area contributed by atoms with Gasteiger partial charge in [0.15, 0.2) is 0 Å². The van der Waals surface area contributed by atoms with Crippen LogP contribution < -0.4 is 10.6 Å². The molecule has 4 rings (SSSR count). The van der Waals surface area contributed by atoms with E-state index in [-0.39, 0.29) is 12.4 Å². The van der Waals surface area contributed by atoms with E-state index in [1.54, 1.807) is 0 Å². The summed E-state index contributed by atoms with van der Waals surface area (Å²) in [6.45, 7) is 12.0. The van der Waals surface area contributed by atoms with Gasteiger partial charge in [0.2, 0.25) is 0 Å². The number of hydrogen-bond acceptors (Lipinski definition) is 4. The molecule has 2 saturated heterocycles. The number of halogens is 1. The quantitative estimate of drug-likeness (QED) is 0.785. The number of likely N-dealkylation sites (tertiary alicyclic amines) is 1. The van der Waals surface area contributed by atoms with Gasteiger partial charge in [-0.2, -0.15) is 0 Å². The van der Waals surface area contributed by atoms with Crippen molar-refractivity contribution in [2.24, 2.45) is 11.7 Å². The van der Waals surface area contributed by atoms with E-state index in [0.29, 0.717) is 11.8 Å². The van der Waals surface area contributed by atoms with Gasteiger partial charge in [0, 0.05) is 57.4 Å². The van der Waals surface area contributed by atoms with Gasteiger partial charge >= 0.3 is 0 Å². The number of rotatable bonds is 6. The van der Waals surface area contributed by atoms with Gasteiger partial charge in [-0.25, -0.2) is 0 Å². The molecule has 158 valence electrons. The van der Waals surface area contributed by atoms with Crippen LogP contribution in [0.1, 0.15) is 24.0 Å². The lowest BCUT2D eigenvalue weighted by atomic mass is 9.89. The van der Waals surface area contributed by atoms with Crippen LogP contribution in [-0.4, -0.2) is 62.2 Å². The van der Waals surface area contributed by atoms with E-state index in [9.17, 15) is 0 Å². The summed E-state index contributed by atoms with van der Waals surface area (Å²) in [6.07, 6.45) is 0. The van der Waals surface area contributed by atoms with Crippen molar-refractivity contribution in [3.8, 4) is 0 Å². The third-order valence-corrected chi connectivity index (χ3v) is 6.59. The molecule has 0 bridgehead atoms. The highest BCUT2D eigenvalue weighted by molar-refractivity contribution is 5.85. The molecule has 2 aromatic rings. The number of nitrogens with two attached hydrogens (primary N) is 1. The van der Waals surface area contributed by atoms with E-state index in [1.165, 1.54) is 29.9 Å². The molecule has 2 N–H and O–H groups in total. The molecule has 2 atom stereocenters. The van der Waals surface area contributed by atoms with Crippen LogP contribution in [0.2, 0.25) is 0 Å². The van der Waals surface area contributed by atoms with Crippen molar-refractivity contribution < 1.29 is 0 Å². The zero-order valence-electron chi connectivity index (χ0n) is 17.5. The molecule has 0 unspecified atom stereocenters. The lowest BCUT2D eigenvalue weighted by Gasteiger charge is -2.37. The number of benzene rings is 2. The van der Waals surface area contributed by atoms with E-state index in [1.807, 2.05) is 0 Å². The van der Waals surface area contributed by atoms with Crippen LogP contribution >= 0.6 is 12.4 Å². The molecule has 0 saturated carbocycles. The van der Waals surface area contributed by atoms with E-state index in [4.69, 9.17) is 5.73 Å². The van der Waals surface area contributed by atoms with Gasteiger partial charge in [0.05, 0.1) is 0 Å². The Hall–Kier alpha value is -1.59. The fourth-order valence-corrected chi connectivity index (χ4v) is 4.91. The van der Waals surface area contributed by atoms with Gasteiger partial charge < -0.3 is 15.5 Å². The number of nitrogens with zero attached hydrogens (tertiary/aromatic N) is 3. The number of anilines is 1. The average molecular weight is 415 g/mol. The molecule has 29 heavy (non-hydrogen) atoms. The van der Waals surface area contributed by atoms with Crippen molar-refractivity contribution in [2.75, 3.05) is 57.3 Å². The van der Waals surface area contributed by atoms with Crippen LogP contribution in [0, 0.1) is 5.92 Å². The molecule has 0 aliphatic carbocycles. The van der Waals surface area contributed by atoms with E-state index >= 15 is 0 Å². The topological polar surface area (TPSA) is 35.7 Å². The van der Waals surface area contributed by atoms with Crippen molar-refractivity contribution in [1.29, 1.82) is 0 Å². The molecule has 0 amide bonds. The smallest absolute Gasteiger partial charge is 0.0412 e. The van der Waals surface area contributed by atoms with Crippen molar-refractivity contribution >= 4 is 18.1 Å². The number of para-hydroxylation sites is 1. The molecule has 2 aromatic carbocycles. The Labute approximate surface area is 182 Å². The zero-order chi connectivity index (χ0) is 19.3. The van der Waals surface area contributed by atoms with Crippen LogP contribution in [0.5, 0.6) is 0 Å². The predicted octanol–water partition coefficient (Wildman–Crippen LogP) is 3.42. The molecule has 2 fully saturated rings. The van der Waals surface area contributed by atoms with Crippen molar-refractivity contribution in [2.45, 2.75) is 19.4 Å². The van der Waals surface area contributed by atoms with Gasteiger partial charge in [0.1, 0.15) is 0 Å². The largest absolute Gasteiger partial charge is 0.369 e. The van der Waals surface area contributed by atoms with Crippen LogP contribution in [-0.2, 0) is 6.54 Å². The minimum atomic E-state index is 0. The first-order valence-electron chi connectivity index (χ1n) is 10.8. The van der Waals surface area contributed by atoms with E-state index < -0.39 is 0 Å². The Kier molecular flexibility index (Phi) is 7.96. The van der Waals surface area contributed by atoms with Gasteiger partial charge in [-0.3, -0.25) is 4.90 Å². The SMILES string of the molecule is CCN1CCN(c2ccccc2CN2C[C@@H](CN)[C@H](c3ccccc3)C2)CC1.Cl. The third-order valence-electron chi connectivity index (χ3n) is 6.59. The summed E-state index contributed by atoms with van der Waals surface area (Å²) >= 11 is 0. The highest BCUT2D eigenvalue weighted by Crippen LogP contribution is 2.34. The molecule has 2 aliphatic rings. The molecule has 0 radical (unpaired) electrons. The van der Waals surface area contributed by atoms with Gasteiger partial charge in [-0.1, -0.05) is 55.5 Å². The van der Waals surface area contributed by atoms with E-state index in [0.717, 1.165) is 45.8 Å². The second-order valence-electron chi connectivity index (χ2n) is 8.26. The van der Waals surface area contributed by atoms with Crippen LogP contribution in [0.4, 0.5) is 5.69 Å². The van der Waals surface area contributed by atoms with Crippen LogP contribution in [0.25, 0.3) is 0 Å². The number of hydrogen-bond donors (Lipinski definition) is 1. The summed E-state index contributed by atoms with van der Waals surface area (Å²) in [5.74, 6) is 1.09. The summed E-state index contributed by atoms with van der Waals surface area (Å²) in [7, 11) is 0. The lowest BCUT2D eigenvalue weighted by molar-refractivity contribution is 0.270.